The zero-order chi connectivity index (χ0) is 10.3. The standard InChI is InChI=1S/C7H14N2.C2H4O2/c1-3-4-9-6-5-8(2)7-9;1-2(3)4/h5-6H,3-4,7H2,1-2H3;1H3,(H,3,4). The number of nitrogens with zero attached hydrogens (tertiary/aromatic N) is 1. The van der Waals surface area contributed by atoms with Gasteiger partial charge in [-0.05, 0) is 13.3 Å². The Balaban J connectivity index is 0.000000310. The van der Waals surface area contributed by atoms with E-state index >= 15 is 0 Å². The highest BCUT2D eigenvalue weighted by Crippen LogP contribution is 1.90. The number of hydrogen-bond acceptors (Lipinski definition) is 3. The monoisotopic (exact) mass is 186 g/mol. The fraction of sp³-hybridized carbons (Fsp3) is 0.667. The summed E-state index contributed by atoms with van der Waals surface area (Å²) in [6.07, 6.45) is 5.62. The number of nitrogens with one attached hydrogen (secondary N) is 1. The molecule has 1 aliphatic rings. The van der Waals surface area contributed by atoms with Gasteiger partial charge in [0, 0.05) is 12.5 Å². The van der Waals surface area contributed by atoms with Crippen LogP contribution in [0.1, 0.15) is 20.3 Å². The van der Waals surface area contributed by atoms with Gasteiger partial charge in [0.05, 0.1) is 13.2 Å². The first-order valence-electron chi connectivity index (χ1n) is 4.48. The van der Waals surface area contributed by atoms with E-state index in [2.05, 4.69) is 31.3 Å². The molecule has 4 nitrogen and oxygen atoms in total. The van der Waals surface area contributed by atoms with E-state index in [1.165, 1.54) is 17.9 Å². The molecule has 0 aromatic heterocycles. The Morgan fingerprint density at radius 3 is 2.54 bits per heavy atom. The van der Waals surface area contributed by atoms with E-state index < -0.39 is 5.97 Å². The van der Waals surface area contributed by atoms with Crippen molar-refractivity contribution >= 4 is 5.97 Å². The minimum Gasteiger partial charge on any atom is -0.550 e. The molecule has 1 unspecified atom stereocenters. The Hall–Kier alpha value is -1.03. The summed E-state index contributed by atoms with van der Waals surface area (Å²) in [5, 5.41) is 8.89. The van der Waals surface area contributed by atoms with Crippen LogP contribution in [0.4, 0.5) is 0 Å². The number of carboxylic acid groups (broad SMARTS) is 1. The summed E-state index contributed by atoms with van der Waals surface area (Å²) in [6.45, 7) is 5.53. The number of aliphatic carboxylic acids is 1. The van der Waals surface area contributed by atoms with Gasteiger partial charge in [0.2, 0.25) is 0 Å². The molecule has 0 aliphatic carbocycles. The second kappa shape index (κ2) is 6.48. The van der Waals surface area contributed by atoms with Crippen LogP contribution < -0.4 is 10.0 Å². The first-order valence-corrected chi connectivity index (χ1v) is 4.48. The summed E-state index contributed by atoms with van der Waals surface area (Å²) >= 11 is 0. The lowest BCUT2D eigenvalue weighted by molar-refractivity contribution is -0.826. The molecule has 1 aliphatic heterocycles. The van der Waals surface area contributed by atoms with Crippen molar-refractivity contribution in [3.8, 4) is 0 Å². The minimum absolute atomic E-state index is 0.972. The third kappa shape index (κ3) is 7.33. The number of carboxylic acids is 1. The Morgan fingerprint density at radius 1 is 1.69 bits per heavy atom. The number of hydrogen-bond donors (Lipinski definition) is 1. The Kier molecular flexibility index (Phi) is 5.97. The molecule has 0 radical (unpaired) electrons. The van der Waals surface area contributed by atoms with Crippen LogP contribution in [-0.4, -0.2) is 31.1 Å². The first kappa shape index (κ1) is 12.0. The molecule has 1 rings (SSSR count). The largest absolute Gasteiger partial charge is 0.550 e. The molecular formula is C9H18N2O2. The summed E-state index contributed by atoms with van der Waals surface area (Å²) in [4.78, 5) is 12.7. The summed E-state index contributed by atoms with van der Waals surface area (Å²) < 4.78 is 0. The molecule has 0 amide bonds. The van der Waals surface area contributed by atoms with Gasteiger partial charge in [0.15, 0.2) is 6.67 Å². The summed E-state index contributed by atoms with van der Waals surface area (Å²) in [7, 11) is 2.17. The van der Waals surface area contributed by atoms with Crippen LogP contribution in [0.15, 0.2) is 12.4 Å². The van der Waals surface area contributed by atoms with Crippen LogP contribution in [0.2, 0.25) is 0 Å². The molecule has 0 fully saturated rings. The molecule has 0 aromatic rings. The van der Waals surface area contributed by atoms with Crippen molar-refractivity contribution in [1.82, 2.24) is 4.90 Å². The maximum absolute atomic E-state index is 8.89. The van der Waals surface area contributed by atoms with Crippen molar-refractivity contribution in [3.63, 3.8) is 0 Å². The fourth-order valence-corrected chi connectivity index (χ4v) is 1.10. The van der Waals surface area contributed by atoms with Crippen LogP contribution >= 0.6 is 0 Å². The molecule has 1 heterocycles. The van der Waals surface area contributed by atoms with E-state index in [9.17, 15) is 0 Å². The second-order valence-corrected chi connectivity index (χ2v) is 3.12. The highest BCUT2D eigenvalue weighted by molar-refractivity contribution is 5.60. The molecule has 0 saturated carbocycles. The molecule has 76 valence electrons. The van der Waals surface area contributed by atoms with Gasteiger partial charge in [-0.2, -0.15) is 0 Å². The molecule has 0 aromatic carbocycles. The molecule has 0 bridgehead atoms. The van der Waals surface area contributed by atoms with E-state index in [0.717, 1.165) is 13.6 Å². The summed E-state index contributed by atoms with van der Waals surface area (Å²) in [6, 6.07) is 0. The molecule has 13 heavy (non-hydrogen) atoms. The molecular weight excluding hydrogens is 168 g/mol. The Labute approximate surface area is 79.4 Å². The Bertz CT molecular complexity index is 176. The molecule has 0 spiro atoms. The normalized spacial score (nSPS) is 19.6. The zero-order valence-corrected chi connectivity index (χ0v) is 8.54. The molecule has 1 N–H and O–H groups in total. The highest BCUT2D eigenvalue weighted by Gasteiger charge is 2.09. The van der Waals surface area contributed by atoms with E-state index in [1.54, 1.807) is 0 Å². The lowest BCUT2D eigenvalue weighted by atomic mass is 10.4. The lowest BCUT2D eigenvalue weighted by Crippen LogP contribution is -3.03. The average molecular weight is 186 g/mol. The summed E-state index contributed by atoms with van der Waals surface area (Å²) in [5.41, 5.74) is 0. The van der Waals surface area contributed by atoms with Gasteiger partial charge in [-0.25, -0.2) is 0 Å². The average Bonchev–Trinajstić information content (AvgIpc) is 2.35. The van der Waals surface area contributed by atoms with Gasteiger partial charge in [-0.1, -0.05) is 6.92 Å². The molecule has 1 atom stereocenters. The third-order valence-electron chi connectivity index (χ3n) is 1.53. The van der Waals surface area contributed by atoms with Gasteiger partial charge in [0.1, 0.15) is 6.20 Å². The topological polar surface area (TPSA) is 47.8 Å². The Morgan fingerprint density at radius 2 is 2.23 bits per heavy atom. The predicted octanol–water partition coefficient (Wildman–Crippen LogP) is -1.59. The van der Waals surface area contributed by atoms with Crippen molar-refractivity contribution in [2.75, 3.05) is 20.3 Å². The summed E-state index contributed by atoms with van der Waals surface area (Å²) in [5.74, 6) is -1.08. The van der Waals surface area contributed by atoms with Crippen LogP contribution in [0.3, 0.4) is 0 Å². The SMILES string of the molecule is CC(=O)[O-].CCCN1C=C[NH+](C)C1. The van der Waals surface area contributed by atoms with Crippen molar-refractivity contribution < 1.29 is 14.8 Å². The predicted molar refractivity (Wildman–Crippen MR) is 48.6 cm³/mol. The number of quaternary nitrogens is 1. The quantitative estimate of drug-likeness (QED) is 0.566. The minimum atomic E-state index is -1.08. The third-order valence-corrected chi connectivity index (χ3v) is 1.53. The van der Waals surface area contributed by atoms with Gasteiger partial charge in [0.25, 0.3) is 0 Å². The van der Waals surface area contributed by atoms with Crippen molar-refractivity contribution in [3.05, 3.63) is 12.4 Å². The first-order chi connectivity index (χ1) is 6.06. The molecule has 0 saturated heterocycles. The number of rotatable bonds is 2. The van der Waals surface area contributed by atoms with E-state index in [4.69, 9.17) is 9.90 Å². The smallest absolute Gasteiger partial charge is 0.156 e. The maximum Gasteiger partial charge on any atom is 0.156 e. The van der Waals surface area contributed by atoms with Crippen LogP contribution in [0.5, 0.6) is 0 Å². The van der Waals surface area contributed by atoms with E-state index in [0.29, 0.717) is 0 Å². The van der Waals surface area contributed by atoms with E-state index in [1.807, 2.05) is 0 Å². The second-order valence-electron chi connectivity index (χ2n) is 3.12. The van der Waals surface area contributed by atoms with Crippen molar-refractivity contribution in [1.29, 1.82) is 0 Å². The fourth-order valence-electron chi connectivity index (χ4n) is 1.10. The van der Waals surface area contributed by atoms with Gasteiger partial charge in [-0.3, -0.25) is 4.90 Å². The van der Waals surface area contributed by atoms with Crippen molar-refractivity contribution in [2.45, 2.75) is 20.3 Å². The number of carbonyl (C=O) groups excluding carboxylic acids is 1. The van der Waals surface area contributed by atoms with Gasteiger partial charge >= 0.3 is 0 Å². The van der Waals surface area contributed by atoms with Crippen LogP contribution in [-0.2, 0) is 4.79 Å². The highest BCUT2D eigenvalue weighted by atomic mass is 16.4. The molecule has 4 heteroatoms. The van der Waals surface area contributed by atoms with Gasteiger partial charge < -0.3 is 14.8 Å². The van der Waals surface area contributed by atoms with E-state index in [-0.39, 0.29) is 0 Å². The van der Waals surface area contributed by atoms with Gasteiger partial charge in [-0.15, -0.1) is 0 Å². The van der Waals surface area contributed by atoms with Crippen molar-refractivity contribution in [2.24, 2.45) is 0 Å². The zero-order valence-electron chi connectivity index (χ0n) is 8.54. The van der Waals surface area contributed by atoms with Crippen LogP contribution in [0, 0.1) is 0 Å². The maximum atomic E-state index is 8.89. The number of carbonyl (C=O) groups is 1. The van der Waals surface area contributed by atoms with Crippen LogP contribution in [0.25, 0.3) is 0 Å². The lowest BCUT2D eigenvalue weighted by Gasteiger charge is -2.12.